The largest absolute Gasteiger partial charge is 0.277 e. The molecule has 3 heterocycles. The highest BCUT2D eigenvalue weighted by molar-refractivity contribution is 6.15. The number of benzene rings is 5. The van der Waals surface area contributed by atoms with Crippen LogP contribution in [0.5, 0.6) is 0 Å². The average molecular weight is 567 g/mol. The van der Waals surface area contributed by atoms with Gasteiger partial charge in [0, 0.05) is 39.7 Å². The number of nitrogens with zero attached hydrogens (tertiary/aromatic N) is 6. The van der Waals surface area contributed by atoms with Gasteiger partial charge in [0.1, 0.15) is 0 Å². The Bertz CT molecular complexity index is 2350. The van der Waals surface area contributed by atoms with Crippen LogP contribution < -0.4 is 0 Å². The maximum atomic E-state index is 5.18. The minimum Gasteiger partial charge on any atom is -0.277 e. The first-order valence-corrected chi connectivity index (χ1v) is 14.8. The minimum absolute atomic E-state index is 0.245. The molecule has 44 heavy (non-hydrogen) atoms. The molecule has 1 aliphatic rings. The van der Waals surface area contributed by atoms with Crippen LogP contribution in [-0.2, 0) is 5.41 Å². The molecule has 1 aliphatic carbocycles. The van der Waals surface area contributed by atoms with Crippen LogP contribution in [0.4, 0.5) is 0 Å². The predicted octanol–water partition coefficient (Wildman–Crippen LogP) is 8.55. The van der Waals surface area contributed by atoms with Gasteiger partial charge in [0.25, 0.3) is 0 Å². The molecule has 0 fully saturated rings. The molecule has 0 amide bonds. The van der Waals surface area contributed by atoms with Crippen molar-refractivity contribution in [2.24, 2.45) is 0 Å². The van der Waals surface area contributed by atoms with E-state index in [4.69, 9.17) is 15.0 Å². The Kier molecular flexibility index (Phi) is 5.14. The molecule has 6 nitrogen and oxygen atoms in total. The fourth-order valence-electron chi connectivity index (χ4n) is 6.92. The maximum Gasteiger partial charge on any atom is 0.238 e. The van der Waals surface area contributed by atoms with Gasteiger partial charge in [0.2, 0.25) is 5.95 Å². The third-order valence-electron chi connectivity index (χ3n) is 8.92. The Labute approximate surface area is 253 Å². The zero-order valence-electron chi connectivity index (χ0n) is 24.2. The van der Waals surface area contributed by atoms with E-state index >= 15 is 0 Å². The van der Waals surface area contributed by atoms with Crippen molar-refractivity contribution in [3.8, 4) is 39.9 Å². The van der Waals surface area contributed by atoms with Crippen LogP contribution in [0.3, 0.4) is 0 Å². The molecular formula is C38H26N6. The van der Waals surface area contributed by atoms with Crippen molar-refractivity contribution in [3.63, 3.8) is 0 Å². The van der Waals surface area contributed by atoms with Crippen LogP contribution in [0.2, 0.25) is 0 Å². The molecule has 6 heteroatoms. The first kappa shape index (κ1) is 24.8. The van der Waals surface area contributed by atoms with Gasteiger partial charge in [0.05, 0.1) is 22.1 Å². The Morgan fingerprint density at radius 2 is 1.18 bits per heavy atom. The monoisotopic (exact) mass is 566 g/mol. The van der Waals surface area contributed by atoms with Crippen molar-refractivity contribution in [2.75, 3.05) is 0 Å². The van der Waals surface area contributed by atoms with E-state index in [0.29, 0.717) is 17.6 Å². The van der Waals surface area contributed by atoms with E-state index in [1.165, 1.54) is 22.3 Å². The van der Waals surface area contributed by atoms with Crippen LogP contribution in [0.15, 0.2) is 122 Å². The summed E-state index contributed by atoms with van der Waals surface area (Å²) < 4.78 is 2.23. The second kappa shape index (κ2) is 9.12. The summed E-state index contributed by atoms with van der Waals surface area (Å²) in [6.07, 6.45) is 3.48. The first-order chi connectivity index (χ1) is 21.6. The van der Waals surface area contributed by atoms with Crippen LogP contribution in [0, 0.1) is 0 Å². The molecule has 0 bridgehead atoms. The molecule has 0 spiro atoms. The molecule has 0 saturated heterocycles. The molecule has 0 radical (unpaired) electrons. The summed E-state index contributed by atoms with van der Waals surface area (Å²) in [4.78, 5) is 24.6. The van der Waals surface area contributed by atoms with Crippen molar-refractivity contribution in [1.82, 2.24) is 29.5 Å². The molecule has 0 N–H and O–H groups in total. The molecule has 0 aliphatic heterocycles. The van der Waals surface area contributed by atoms with Gasteiger partial charge in [-0.25, -0.2) is 4.98 Å². The van der Waals surface area contributed by atoms with Gasteiger partial charge in [-0.2, -0.15) is 9.97 Å². The van der Waals surface area contributed by atoms with Gasteiger partial charge in [-0.3, -0.25) is 14.5 Å². The number of aromatic nitrogens is 6. The van der Waals surface area contributed by atoms with E-state index < -0.39 is 0 Å². The quantitative estimate of drug-likeness (QED) is 0.214. The summed E-state index contributed by atoms with van der Waals surface area (Å²) in [5.74, 6) is 1.82. The van der Waals surface area contributed by atoms with Gasteiger partial charge in [-0.05, 0) is 34.4 Å². The fraction of sp³-hybridized carbons (Fsp3) is 0.0789. The lowest BCUT2D eigenvalue weighted by Crippen LogP contribution is -2.17. The second-order valence-electron chi connectivity index (χ2n) is 11.8. The summed E-state index contributed by atoms with van der Waals surface area (Å²) in [5, 5.41) is 2.22. The third kappa shape index (κ3) is 3.51. The van der Waals surface area contributed by atoms with Crippen molar-refractivity contribution in [3.05, 3.63) is 133 Å². The average Bonchev–Trinajstić information content (AvgIpc) is 3.52. The van der Waals surface area contributed by atoms with Crippen LogP contribution in [-0.4, -0.2) is 29.5 Å². The van der Waals surface area contributed by atoms with E-state index in [1.807, 2.05) is 60.7 Å². The third-order valence-corrected chi connectivity index (χ3v) is 8.92. The van der Waals surface area contributed by atoms with E-state index in [2.05, 4.69) is 76.9 Å². The number of rotatable bonds is 3. The van der Waals surface area contributed by atoms with E-state index in [1.54, 1.807) is 12.4 Å². The van der Waals surface area contributed by atoms with Gasteiger partial charge in [-0.15, -0.1) is 0 Å². The molecule has 8 aromatic rings. The number of hydrogen-bond donors (Lipinski definition) is 0. The van der Waals surface area contributed by atoms with E-state index in [9.17, 15) is 0 Å². The Balaban J connectivity index is 1.46. The molecule has 0 atom stereocenters. The summed E-state index contributed by atoms with van der Waals surface area (Å²) in [5.41, 5.74) is 10.5. The lowest BCUT2D eigenvalue weighted by molar-refractivity contribution is 0.663. The predicted molar refractivity (Wildman–Crippen MR) is 176 cm³/mol. The smallest absolute Gasteiger partial charge is 0.238 e. The standard InChI is InChI=1S/C38H26N6/c1-38(2)29-16-10-9-15-25(29)26-17-18-27-28-21-30-31(40-20-19-39-30)22-32(28)44(34(27)33(26)38)37-42-35(23-11-5-3-6-12-23)41-36(43-37)24-13-7-4-8-14-24/h3-22H,1-2H3. The van der Waals surface area contributed by atoms with Gasteiger partial charge < -0.3 is 0 Å². The zero-order valence-corrected chi connectivity index (χ0v) is 24.2. The Morgan fingerprint density at radius 1 is 0.568 bits per heavy atom. The zero-order chi connectivity index (χ0) is 29.4. The Morgan fingerprint density at radius 3 is 1.86 bits per heavy atom. The minimum atomic E-state index is -0.245. The lowest BCUT2D eigenvalue weighted by Gasteiger charge is -2.23. The number of hydrogen-bond acceptors (Lipinski definition) is 5. The molecular weight excluding hydrogens is 540 g/mol. The van der Waals surface area contributed by atoms with E-state index in [0.717, 1.165) is 44.0 Å². The summed E-state index contributed by atoms with van der Waals surface area (Å²) >= 11 is 0. The summed E-state index contributed by atoms with van der Waals surface area (Å²) in [6, 6.07) is 37.7. The van der Waals surface area contributed by atoms with Crippen LogP contribution in [0.25, 0.3) is 72.7 Å². The highest BCUT2D eigenvalue weighted by Gasteiger charge is 2.38. The topological polar surface area (TPSA) is 69.4 Å². The van der Waals surface area contributed by atoms with E-state index in [-0.39, 0.29) is 5.41 Å². The van der Waals surface area contributed by atoms with Crippen molar-refractivity contribution in [2.45, 2.75) is 19.3 Å². The molecule has 0 unspecified atom stereocenters. The SMILES string of the molecule is CC1(C)c2ccccc2-c2ccc3c4cc5nccnc5cc4n(-c4nc(-c5ccccc5)nc(-c5ccccc5)n4)c3c21. The second-order valence-corrected chi connectivity index (χ2v) is 11.8. The van der Waals surface area contributed by atoms with Gasteiger partial charge >= 0.3 is 0 Å². The van der Waals surface area contributed by atoms with Gasteiger partial charge in [0.15, 0.2) is 11.6 Å². The van der Waals surface area contributed by atoms with Gasteiger partial charge in [-0.1, -0.05) is 111 Å². The molecule has 0 saturated carbocycles. The van der Waals surface area contributed by atoms with Crippen LogP contribution >= 0.6 is 0 Å². The normalized spacial score (nSPS) is 13.4. The highest BCUT2D eigenvalue weighted by Crippen LogP contribution is 2.53. The van der Waals surface area contributed by atoms with Crippen LogP contribution in [0.1, 0.15) is 25.0 Å². The summed E-state index contributed by atoms with van der Waals surface area (Å²) in [7, 11) is 0. The molecule has 208 valence electrons. The first-order valence-electron chi connectivity index (χ1n) is 14.8. The molecule has 9 rings (SSSR count). The number of fused-ring (bicyclic) bond motifs is 8. The molecule has 5 aromatic carbocycles. The molecule has 3 aromatic heterocycles. The Hall–Kier alpha value is -5.75. The lowest BCUT2D eigenvalue weighted by atomic mass is 9.81. The fourth-order valence-corrected chi connectivity index (χ4v) is 6.92. The van der Waals surface area contributed by atoms with Crippen molar-refractivity contribution < 1.29 is 0 Å². The van der Waals surface area contributed by atoms with Crippen molar-refractivity contribution in [1.29, 1.82) is 0 Å². The van der Waals surface area contributed by atoms with Crippen molar-refractivity contribution >= 4 is 32.8 Å². The maximum absolute atomic E-state index is 5.18. The highest BCUT2D eigenvalue weighted by atomic mass is 15.2. The summed E-state index contributed by atoms with van der Waals surface area (Å²) in [6.45, 7) is 4.63.